The van der Waals surface area contributed by atoms with Crippen LogP contribution in [0.15, 0.2) is 83.8 Å². The highest BCUT2D eigenvalue weighted by Crippen LogP contribution is 2.48. The van der Waals surface area contributed by atoms with Crippen LogP contribution in [-0.4, -0.2) is 131 Å². The molecule has 0 spiro atoms. The summed E-state index contributed by atoms with van der Waals surface area (Å²) in [5.41, 5.74) is 7.05. The van der Waals surface area contributed by atoms with Crippen LogP contribution in [0.3, 0.4) is 0 Å². The largest absolute Gasteiger partial charge is 0.744 e. The molecule has 1 saturated heterocycles. The lowest BCUT2D eigenvalue weighted by Crippen LogP contribution is -2.47. The summed E-state index contributed by atoms with van der Waals surface area (Å²) in [6.45, 7) is 16.0. The Morgan fingerprint density at radius 3 is 2.10 bits per heavy atom. The van der Waals surface area contributed by atoms with Gasteiger partial charge in [0.05, 0.1) is 75.3 Å². The minimum atomic E-state index is -4.75. The van der Waals surface area contributed by atoms with Crippen LogP contribution in [0.4, 0.5) is 11.4 Å². The summed E-state index contributed by atoms with van der Waals surface area (Å²) in [4.78, 5) is 43.6. The normalized spacial score (nSPS) is 17.6. The van der Waals surface area contributed by atoms with Crippen LogP contribution in [0, 0.1) is 0 Å². The smallest absolute Gasteiger partial charge is 0.333 e. The summed E-state index contributed by atoms with van der Waals surface area (Å²) in [5.74, 6) is -0.375. The van der Waals surface area contributed by atoms with Crippen LogP contribution >= 0.6 is 0 Å². The van der Waals surface area contributed by atoms with Gasteiger partial charge in [0.25, 0.3) is 11.8 Å². The van der Waals surface area contributed by atoms with Crippen molar-refractivity contribution in [2.24, 2.45) is 0 Å². The van der Waals surface area contributed by atoms with Crippen molar-refractivity contribution >= 4 is 61.9 Å². The molecule has 70 heavy (non-hydrogen) atoms. The number of methoxy groups -OCH3 is 1. The molecular weight excluding hydrogens is 919 g/mol. The first-order valence-corrected chi connectivity index (χ1v) is 25.3. The first kappa shape index (κ1) is 52.3. The number of anilines is 1. The number of fused-ring (bicyclic) bond motifs is 3. The molecule has 16 nitrogen and oxygen atoms in total. The van der Waals surface area contributed by atoms with Gasteiger partial charge >= 0.3 is 5.97 Å². The third-order valence-electron chi connectivity index (χ3n) is 12.9. The van der Waals surface area contributed by atoms with E-state index in [0.29, 0.717) is 114 Å². The van der Waals surface area contributed by atoms with Gasteiger partial charge in [-0.1, -0.05) is 36.4 Å². The van der Waals surface area contributed by atoms with E-state index in [1.807, 2.05) is 50.3 Å². The molecular formula is C53H65N3O13S. The van der Waals surface area contributed by atoms with Gasteiger partial charge in [-0.05, 0) is 82.9 Å². The minimum Gasteiger partial charge on any atom is -0.744 e. The topological polar surface area (TPSA) is 183 Å². The van der Waals surface area contributed by atoms with Crippen LogP contribution < -0.4 is 9.64 Å². The first-order chi connectivity index (χ1) is 33.5. The van der Waals surface area contributed by atoms with E-state index in [1.165, 1.54) is 12.1 Å². The molecule has 0 radical (unpaired) electrons. The summed E-state index contributed by atoms with van der Waals surface area (Å²) in [7, 11) is -3.11. The number of ether oxygens (including phenoxy) is 6. The van der Waals surface area contributed by atoms with Gasteiger partial charge in [0, 0.05) is 85.5 Å². The lowest BCUT2D eigenvalue weighted by Gasteiger charge is -2.44. The standard InChI is InChI=1S/C53H65N3O13S/c1-37-36-52(2,3)55(21-22-64-25-26-66-29-30-67-28-27-65-24-23-63-6)45-35-47-42(34-41(37)45)39(31-46(68-47)38-13-9-7-10-14-38)32-48-53(4,5)43-33-40(70(60,61)62)16-17-44(43)54(48)20-12-8-11-15-51(59)69-56-49(57)18-19-50(56)58/h7,9-10,13-14,16-17,31-36H,8,11-12,15,18-30H2,1-6H3. The van der Waals surface area contributed by atoms with Crippen molar-refractivity contribution in [2.45, 2.75) is 89.0 Å². The number of rotatable bonds is 25. The molecule has 17 heteroatoms. The Morgan fingerprint density at radius 2 is 1.46 bits per heavy atom. The van der Waals surface area contributed by atoms with Crippen molar-refractivity contribution in [2.75, 3.05) is 84.6 Å². The van der Waals surface area contributed by atoms with E-state index < -0.39 is 33.3 Å². The van der Waals surface area contributed by atoms with Gasteiger partial charge in [-0.15, -0.1) is 5.06 Å². The maximum absolute atomic E-state index is 12.6. The summed E-state index contributed by atoms with van der Waals surface area (Å²) in [6, 6.07) is 18.7. The average Bonchev–Trinajstić information content (AvgIpc) is 3.74. The van der Waals surface area contributed by atoms with Crippen molar-refractivity contribution in [3.05, 3.63) is 101 Å². The second kappa shape index (κ2) is 23.1. The fourth-order valence-electron chi connectivity index (χ4n) is 9.29. The van der Waals surface area contributed by atoms with Crippen LogP contribution in [0.5, 0.6) is 5.75 Å². The lowest BCUT2D eigenvalue weighted by atomic mass is 9.80. The SMILES string of the molecule is COCCOCCOCCOCCOCCN1c2cc3c(cc2C(C)=CC1(C)C)/C(=C/C1=[N+](CCCCCC(=O)ON2C(=O)CCC2=O)c2ccc(S(=O)(=O)[O-])cc2C1(C)C)C=C(c1ccccc1)O3. The Bertz CT molecular complexity index is 2640. The fraction of sp³-hybridized carbons (Fsp3) is 0.472. The molecule has 376 valence electrons. The number of carbonyl (C=O) groups excluding carboxylic acids is 3. The third kappa shape index (κ3) is 12.5. The van der Waals surface area contributed by atoms with Crippen LogP contribution in [0.2, 0.25) is 0 Å². The zero-order valence-corrected chi connectivity index (χ0v) is 41.9. The molecule has 3 aromatic rings. The molecule has 0 bridgehead atoms. The number of benzene rings is 3. The molecule has 1 fully saturated rings. The number of hydrogen-bond acceptors (Lipinski definition) is 14. The highest BCUT2D eigenvalue weighted by Gasteiger charge is 2.45. The molecule has 4 aliphatic rings. The van der Waals surface area contributed by atoms with Gasteiger partial charge in [0.15, 0.2) is 5.71 Å². The Labute approximate surface area is 411 Å². The number of allylic oxidation sites excluding steroid dienone is 4. The predicted octanol–water partition coefficient (Wildman–Crippen LogP) is 7.37. The van der Waals surface area contributed by atoms with Crippen molar-refractivity contribution in [1.82, 2.24) is 5.06 Å². The average molecular weight is 984 g/mol. The molecule has 4 aliphatic heterocycles. The molecule has 0 unspecified atom stereocenters. The number of amides is 2. The van der Waals surface area contributed by atoms with Crippen LogP contribution in [0.25, 0.3) is 16.9 Å². The molecule has 0 N–H and O–H groups in total. The van der Waals surface area contributed by atoms with Gasteiger partial charge < -0.3 is 42.7 Å². The van der Waals surface area contributed by atoms with Gasteiger partial charge in [-0.25, -0.2) is 13.2 Å². The first-order valence-electron chi connectivity index (χ1n) is 23.9. The van der Waals surface area contributed by atoms with Gasteiger partial charge in [0.1, 0.15) is 28.2 Å². The number of hydrogen-bond donors (Lipinski definition) is 0. The van der Waals surface area contributed by atoms with Gasteiger partial charge in [0.2, 0.25) is 5.69 Å². The molecule has 0 aromatic heterocycles. The second-order valence-electron chi connectivity index (χ2n) is 18.7. The van der Waals surface area contributed by atoms with Gasteiger partial charge in [-0.3, -0.25) is 9.59 Å². The van der Waals surface area contributed by atoms with E-state index in [1.54, 1.807) is 13.2 Å². The Hall–Kier alpha value is -5.53. The molecule has 2 amide bonds. The third-order valence-corrected chi connectivity index (χ3v) is 13.7. The summed E-state index contributed by atoms with van der Waals surface area (Å²) in [5, 5.41) is 0.562. The summed E-state index contributed by atoms with van der Waals surface area (Å²) < 4.78 is 73.8. The molecule has 0 aliphatic carbocycles. The Morgan fingerprint density at radius 1 is 0.814 bits per heavy atom. The number of carbonyl (C=O) groups is 3. The van der Waals surface area contributed by atoms with Crippen LogP contribution in [0.1, 0.15) is 95.4 Å². The highest BCUT2D eigenvalue weighted by molar-refractivity contribution is 7.85. The van der Waals surface area contributed by atoms with E-state index >= 15 is 0 Å². The number of nitrogens with zero attached hydrogens (tertiary/aromatic N) is 3. The zero-order valence-electron chi connectivity index (χ0n) is 41.1. The number of imide groups is 1. The van der Waals surface area contributed by atoms with Crippen LogP contribution in [-0.2, 0) is 58.4 Å². The lowest BCUT2D eigenvalue weighted by molar-refractivity contribution is -0.438. The monoisotopic (exact) mass is 983 g/mol. The molecule has 0 atom stereocenters. The second-order valence-corrected chi connectivity index (χ2v) is 20.0. The Balaban J connectivity index is 1.14. The molecule has 0 saturated carbocycles. The zero-order chi connectivity index (χ0) is 50.1. The highest BCUT2D eigenvalue weighted by atomic mass is 32.2. The van der Waals surface area contributed by atoms with Crippen molar-refractivity contribution < 1.29 is 65.2 Å². The van der Waals surface area contributed by atoms with E-state index in [2.05, 4.69) is 54.5 Å². The van der Waals surface area contributed by atoms with Crippen molar-refractivity contribution in [3.63, 3.8) is 0 Å². The maximum Gasteiger partial charge on any atom is 0.333 e. The van der Waals surface area contributed by atoms with E-state index in [9.17, 15) is 27.4 Å². The molecule has 3 aromatic carbocycles. The molecule has 4 heterocycles. The maximum atomic E-state index is 12.6. The van der Waals surface area contributed by atoms with E-state index in [0.717, 1.165) is 44.9 Å². The van der Waals surface area contributed by atoms with Crippen molar-refractivity contribution in [3.8, 4) is 5.75 Å². The van der Waals surface area contributed by atoms with E-state index in [4.69, 9.17) is 33.3 Å². The fourth-order valence-corrected chi connectivity index (χ4v) is 9.79. The quantitative estimate of drug-likeness (QED) is 0.0355. The number of hydroxylamine groups is 2. The van der Waals surface area contributed by atoms with Gasteiger partial charge in [-0.2, -0.15) is 4.58 Å². The van der Waals surface area contributed by atoms with Crippen molar-refractivity contribution in [1.29, 1.82) is 0 Å². The minimum absolute atomic E-state index is 0.0212. The number of unbranched alkanes of at least 4 members (excludes halogenated alkanes) is 2. The Kier molecular flexibility index (Phi) is 17.3. The molecule has 7 rings (SSSR count). The summed E-state index contributed by atoms with van der Waals surface area (Å²) in [6.07, 6.45) is 8.20. The van der Waals surface area contributed by atoms with E-state index in [-0.39, 0.29) is 29.7 Å². The predicted molar refractivity (Wildman–Crippen MR) is 263 cm³/mol. The summed E-state index contributed by atoms with van der Waals surface area (Å²) >= 11 is 0.